The van der Waals surface area contributed by atoms with Gasteiger partial charge in [0.25, 0.3) is 0 Å². The van der Waals surface area contributed by atoms with Crippen molar-refractivity contribution >= 4 is 5.96 Å². The van der Waals surface area contributed by atoms with Crippen molar-refractivity contribution in [1.82, 2.24) is 25.3 Å². The molecule has 24 heavy (non-hydrogen) atoms. The SMILES string of the molecule is CN=C(NCCCCN1CCCC1)NCCCn1nc(C)cc1C. The number of rotatable bonds is 9. The van der Waals surface area contributed by atoms with Gasteiger partial charge in [0.1, 0.15) is 0 Å². The van der Waals surface area contributed by atoms with Crippen LogP contribution in [-0.4, -0.2) is 60.4 Å². The second-order valence-corrected chi connectivity index (χ2v) is 6.69. The van der Waals surface area contributed by atoms with Crippen molar-refractivity contribution in [3.8, 4) is 0 Å². The smallest absolute Gasteiger partial charge is 0.190 e. The Morgan fingerprint density at radius 3 is 2.42 bits per heavy atom. The van der Waals surface area contributed by atoms with Crippen molar-refractivity contribution in [2.24, 2.45) is 4.99 Å². The molecule has 0 atom stereocenters. The van der Waals surface area contributed by atoms with Gasteiger partial charge in [-0.15, -0.1) is 0 Å². The fraction of sp³-hybridized carbons (Fsp3) is 0.778. The quantitative estimate of drug-likeness (QED) is 0.412. The molecule has 6 heteroatoms. The monoisotopic (exact) mass is 334 g/mol. The molecule has 1 aromatic heterocycles. The first kappa shape index (κ1) is 18.8. The summed E-state index contributed by atoms with van der Waals surface area (Å²) in [5.74, 6) is 0.907. The van der Waals surface area contributed by atoms with Crippen LogP contribution in [0.3, 0.4) is 0 Å². The van der Waals surface area contributed by atoms with Crippen LogP contribution in [0.1, 0.15) is 43.5 Å². The van der Waals surface area contributed by atoms with Crippen molar-refractivity contribution in [2.45, 2.75) is 52.5 Å². The highest BCUT2D eigenvalue weighted by Crippen LogP contribution is 2.07. The van der Waals surface area contributed by atoms with Crippen LogP contribution in [0.15, 0.2) is 11.1 Å². The molecule has 0 saturated carbocycles. The number of guanidine groups is 1. The molecule has 6 nitrogen and oxygen atoms in total. The van der Waals surface area contributed by atoms with Gasteiger partial charge in [0, 0.05) is 32.4 Å². The van der Waals surface area contributed by atoms with E-state index in [-0.39, 0.29) is 0 Å². The van der Waals surface area contributed by atoms with E-state index in [0.29, 0.717) is 0 Å². The Morgan fingerprint density at radius 2 is 1.79 bits per heavy atom. The molecule has 1 aromatic rings. The average molecular weight is 335 g/mol. The first-order valence-electron chi connectivity index (χ1n) is 9.37. The molecule has 0 bridgehead atoms. The lowest BCUT2D eigenvalue weighted by molar-refractivity contribution is 0.330. The van der Waals surface area contributed by atoms with Crippen molar-refractivity contribution in [3.05, 3.63) is 17.5 Å². The summed E-state index contributed by atoms with van der Waals surface area (Å²) in [6, 6.07) is 2.12. The maximum atomic E-state index is 4.49. The number of aromatic nitrogens is 2. The number of likely N-dealkylation sites (tertiary alicyclic amines) is 1. The third-order valence-electron chi connectivity index (χ3n) is 4.56. The number of nitrogens with zero attached hydrogens (tertiary/aromatic N) is 4. The molecule has 0 amide bonds. The lowest BCUT2D eigenvalue weighted by atomic mass is 10.3. The fourth-order valence-electron chi connectivity index (χ4n) is 3.23. The van der Waals surface area contributed by atoms with Crippen LogP contribution in [0.5, 0.6) is 0 Å². The largest absolute Gasteiger partial charge is 0.356 e. The predicted molar refractivity (Wildman–Crippen MR) is 101 cm³/mol. The standard InChI is InChI=1S/C18H34N6/c1-16-15-17(2)24(22-16)14-8-10-21-18(19-3)20-9-4-5-11-23-12-6-7-13-23/h15H,4-14H2,1-3H3,(H2,19,20,21). The van der Waals surface area contributed by atoms with Gasteiger partial charge in [-0.25, -0.2) is 0 Å². The zero-order chi connectivity index (χ0) is 17.2. The van der Waals surface area contributed by atoms with E-state index < -0.39 is 0 Å². The summed E-state index contributed by atoms with van der Waals surface area (Å²) in [7, 11) is 1.83. The summed E-state index contributed by atoms with van der Waals surface area (Å²) >= 11 is 0. The van der Waals surface area contributed by atoms with Gasteiger partial charge < -0.3 is 15.5 Å². The zero-order valence-corrected chi connectivity index (χ0v) is 15.6. The molecule has 2 rings (SSSR count). The third-order valence-corrected chi connectivity index (χ3v) is 4.56. The van der Waals surface area contributed by atoms with Crippen LogP contribution < -0.4 is 10.6 Å². The summed E-state index contributed by atoms with van der Waals surface area (Å²) < 4.78 is 2.07. The fourth-order valence-corrected chi connectivity index (χ4v) is 3.23. The van der Waals surface area contributed by atoms with E-state index in [0.717, 1.165) is 37.7 Å². The Hall–Kier alpha value is -1.56. The topological polar surface area (TPSA) is 57.5 Å². The Bertz CT molecular complexity index is 502. The second-order valence-electron chi connectivity index (χ2n) is 6.69. The highest BCUT2D eigenvalue weighted by atomic mass is 15.3. The molecule has 0 unspecified atom stereocenters. The summed E-state index contributed by atoms with van der Waals surface area (Å²) in [5.41, 5.74) is 2.32. The lowest BCUT2D eigenvalue weighted by Crippen LogP contribution is -2.38. The lowest BCUT2D eigenvalue weighted by Gasteiger charge is -2.15. The molecule has 0 aliphatic carbocycles. The molecule has 0 radical (unpaired) electrons. The molecule has 0 spiro atoms. The van der Waals surface area contributed by atoms with Crippen molar-refractivity contribution in [2.75, 3.05) is 39.8 Å². The number of aryl methyl sites for hydroxylation is 3. The Morgan fingerprint density at radius 1 is 1.08 bits per heavy atom. The first-order chi connectivity index (χ1) is 11.7. The van der Waals surface area contributed by atoms with Crippen molar-refractivity contribution < 1.29 is 0 Å². The summed E-state index contributed by atoms with van der Waals surface area (Å²) in [4.78, 5) is 6.87. The minimum absolute atomic E-state index is 0.907. The van der Waals surface area contributed by atoms with Gasteiger partial charge in [-0.3, -0.25) is 9.67 Å². The second kappa shape index (κ2) is 10.3. The van der Waals surface area contributed by atoms with Gasteiger partial charge in [-0.2, -0.15) is 5.10 Å². The number of unbranched alkanes of at least 4 members (excludes halogenated alkanes) is 1. The van der Waals surface area contributed by atoms with Crippen LogP contribution in [-0.2, 0) is 6.54 Å². The van der Waals surface area contributed by atoms with Gasteiger partial charge in [0.2, 0.25) is 0 Å². The van der Waals surface area contributed by atoms with Crippen LogP contribution in [0, 0.1) is 13.8 Å². The highest BCUT2D eigenvalue weighted by Gasteiger charge is 2.10. The molecule has 136 valence electrons. The van der Waals surface area contributed by atoms with E-state index in [4.69, 9.17) is 0 Å². The van der Waals surface area contributed by atoms with Gasteiger partial charge in [-0.1, -0.05) is 0 Å². The number of nitrogens with one attached hydrogen (secondary N) is 2. The van der Waals surface area contributed by atoms with Gasteiger partial charge in [0.15, 0.2) is 5.96 Å². The Balaban J connectivity index is 1.51. The molecular formula is C18H34N6. The Labute approximate surface area is 146 Å². The molecule has 2 N–H and O–H groups in total. The molecule has 1 aliphatic heterocycles. The van der Waals surface area contributed by atoms with Gasteiger partial charge >= 0.3 is 0 Å². The molecule has 0 aromatic carbocycles. The Kier molecular flexibility index (Phi) is 8.08. The van der Waals surface area contributed by atoms with Gasteiger partial charge in [0.05, 0.1) is 5.69 Å². The average Bonchev–Trinajstić information content (AvgIpc) is 3.18. The number of aliphatic imine (C=N–C) groups is 1. The molecule has 1 aliphatic rings. The van der Waals surface area contributed by atoms with E-state index in [2.05, 4.69) is 43.3 Å². The molecule has 2 heterocycles. The van der Waals surface area contributed by atoms with E-state index >= 15 is 0 Å². The molecular weight excluding hydrogens is 300 g/mol. The zero-order valence-electron chi connectivity index (χ0n) is 15.6. The van der Waals surface area contributed by atoms with Crippen molar-refractivity contribution in [1.29, 1.82) is 0 Å². The number of hydrogen-bond donors (Lipinski definition) is 2. The van der Waals surface area contributed by atoms with E-state index in [1.54, 1.807) is 0 Å². The minimum atomic E-state index is 0.907. The minimum Gasteiger partial charge on any atom is -0.356 e. The van der Waals surface area contributed by atoms with Crippen LogP contribution in [0.25, 0.3) is 0 Å². The maximum absolute atomic E-state index is 4.49. The van der Waals surface area contributed by atoms with Crippen LogP contribution in [0.2, 0.25) is 0 Å². The van der Waals surface area contributed by atoms with Crippen LogP contribution in [0.4, 0.5) is 0 Å². The van der Waals surface area contributed by atoms with Crippen LogP contribution >= 0.6 is 0 Å². The van der Waals surface area contributed by atoms with E-state index in [9.17, 15) is 0 Å². The maximum Gasteiger partial charge on any atom is 0.190 e. The highest BCUT2D eigenvalue weighted by molar-refractivity contribution is 5.79. The first-order valence-corrected chi connectivity index (χ1v) is 9.37. The molecule has 1 fully saturated rings. The van der Waals surface area contributed by atoms with E-state index in [1.165, 1.54) is 51.0 Å². The summed E-state index contributed by atoms with van der Waals surface area (Å²) in [5, 5.41) is 11.3. The summed E-state index contributed by atoms with van der Waals surface area (Å²) in [6.45, 7) is 10.8. The third kappa shape index (κ3) is 6.51. The predicted octanol–water partition coefficient (Wildman–Crippen LogP) is 1.93. The van der Waals surface area contributed by atoms with E-state index in [1.807, 2.05) is 14.0 Å². The molecule has 1 saturated heterocycles. The number of hydrogen-bond acceptors (Lipinski definition) is 3. The summed E-state index contributed by atoms with van der Waals surface area (Å²) in [6.07, 6.45) is 6.27. The van der Waals surface area contributed by atoms with Crippen molar-refractivity contribution in [3.63, 3.8) is 0 Å². The normalized spacial score (nSPS) is 15.9. The van der Waals surface area contributed by atoms with Gasteiger partial charge in [-0.05, 0) is 71.7 Å².